The molecule has 1 N–H and O–H groups in total. The molecule has 0 unspecified atom stereocenters. The summed E-state index contributed by atoms with van der Waals surface area (Å²) < 4.78 is 5.65. The van der Waals surface area contributed by atoms with E-state index in [1.54, 1.807) is 0 Å². The molecule has 23 heavy (non-hydrogen) atoms. The minimum Gasteiger partial charge on any atom is -0.483 e. The predicted molar refractivity (Wildman–Crippen MR) is 93.1 cm³/mol. The second-order valence-electron chi connectivity index (χ2n) is 6.13. The number of ether oxygens (including phenoxy) is 1. The minimum absolute atomic E-state index is 0.0389. The lowest BCUT2D eigenvalue weighted by atomic mass is 10.0. The van der Waals surface area contributed by atoms with E-state index in [-0.39, 0.29) is 12.5 Å². The fraction of sp³-hybridized carbons (Fsp3) is 0.471. The van der Waals surface area contributed by atoms with Gasteiger partial charge >= 0.3 is 0 Å². The van der Waals surface area contributed by atoms with Crippen LogP contribution in [0.5, 0.6) is 5.75 Å². The average molecular weight is 333 g/mol. The normalized spacial score (nSPS) is 11.0. The van der Waals surface area contributed by atoms with Crippen molar-refractivity contribution in [1.82, 2.24) is 10.2 Å². The third-order valence-electron chi connectivity index (χ3n) is 3.20. The maximum atomic E-state index is 12.0. The first-order valence-electron chi connectivity index (χ1n) is 7.79. The summed E-state index contributed by atoms with van der Waals surface area (Å²) in [6.45, 7) is 8.40. The zero-order chi connectivity index (χ0) is 16.8. The summed E-state index contributed by atoms with van der Waals surface area (Å²) in [6, 6.07) is 7.77. The van der Waals surface area contributed by atoms with Crippen molar-refractivity contribution >= 4 is 22.4 Å². The number of rotatable bonds is 7. The first kappa shape index (κ1) is 17.4. The van der Waals surface area contributed by atoms with Crippen molar-refractivity contribution in [3.63, 3.8) is 0 Å². The van der Waals surface area contributed by atoms with Crippen molar-refractivity contribution in [2.75, 3.05) is 11.9 Å². The van der Waals surface area contributed by atoms with E-state index in [0.717, 1.165) is 22.7 Å². The fourth-order valence-corrected chi connectivity index (χ4v) is 3.09. The van der Waals surface area contributed by atoms with Crippen LogP contribution < -0.4 is 10.1 Å². The van der Waals surface area contributed by atoms with Crippen molar-refractivity contribution in [1.29, 1.82) is 0 Å². The van der Waals surface area contributed by atoms with Gasteiger partial charge in [-0.15, -0.1) is 10.2 Å². The summed E-state index contributed by atoms with van der Waals surface area (Å²) in [5.74, 6) is 1.38. The highest BCUT2D eigenvalue weighted by molar-refractivity contribution is 7.15. The molecule has 1 aromatic heterocycles. The molecular formula is C17H23N3O2S. The Hall–Kier alpha value is -1.95. The molecule has 5 nitrogen and oxygen atoms in total. The number of carbonyl (C=O) groups excluding carboxylic acids is 1. The molecule has 0 radical (unpaired) electrons. The molecule has 2 aromatic rings. The number of nitrogens with zero attached hydrogens (tertiary/aromatic N) is 2. The molecule has 6 heteroatoms. The fourth-order valence-electron chi connectivity index (χ4n) is 2.12. The predicted octanol–water partition coefficient (Wildman–Crippen LogP) is 3.88. The first-order valence-corrected chi connectivity index (χ1v) is 8.61. The number of benzene rings is 1. The van der Waals surface area contributed by atoms with Crippen LogP contribution in [0.15, 0.2) is 24.3 Å². The molecule has 0 saturated carbocycles. The Morgan fingerprint density at radius 1 is 1.22 bits per heavy atom. The van der Waals surface area contributed by atoms with E-state index in [9.17, 15) is 4.79 Å². The Labute approximate surface area is 141 Å². The van der Waals surface area contributed by atoms with Gasteiger partial charge in [0.1, 0.15) is 10.8 Å². The summed E-state index contributed by atoms with van der Waals surface area (Å²) in [5, 5.41) is 12.3. The smallest absolute Gasteiger partial charge is 0.264 e. The molecule has 0 aliphatic rings. The number of carbonyl (C=O) groups is 1. The van der Waals surface area contributed by atoms with Crippen molar-refractivity contribution in [3.8, 4) is 5.75 Å². The van der Waals surface area contributed by atoms with E-state index in [4.69, 9.17) is 4.74 Å². The number of aromatic nitrogens is 2. The Kier molecular flexibility index (Phi) is 6.10. The summed E-state index contributed by atoms with van der Waals surface area (Å²) >= 11 is 1.41. The summed E-state index contributed by atoms with van der Waals surface area (Å²) in [7, 11) is 0. The SMILES string of the molecule is CC(C)Cc1nnc(NC(=O)COc2ccccc2C(C)C)s1. The van der Waals surface area contributed by atoms with E-state index in [1.165, 1.54) is 11.3 Å². The third-order valence-corrected chi connectivity index (χ3v) is 4.06. The minimum atomic E-state index is -0.226. The molecule has 0 bridgehead atoms. The van der Waals surface area contributed by atoms with Crippen LogP contribution in [-0.4, -0.2) is 22.7 Å². The van der Waals surface area contributed by atoms with Gasteiger partial charge < -0.3 is 4.74 Å². The highest BCUT2D eigenvalue weighted by atomic mass is 32.1. The molecule has 0 aliphatic carbocycles. The van der Waals surface area contributed by atoms with Gasteiger partial charge in [0, 0.05) is 6.42 Å². The lowest BCUT2D eigenvalue weighted by molar-refractivity contribution is -0.118. The van der Waals surface area contributed by atoms with Crippen molar-refractivity contribution < 1.29 is 9.53 Å². The Morgan fingerprint density at radius 2 is 1.96 bits per heavy atom. The standard InChI is InChI=1S/C17H23N3O2S/c1-11(2)9-16-19-20-17(23-16)18-15(21)10-22-14-8-6-5-7-13(14)12(3)4/h5-8,11-12H,9-10H2,1-4H3,(H,18,20,21). The van der Waals surface area contributed by atoms with E-state index < -0.39 is 0 Å². The van der Waals surface area contributed by atoms with Crippen LogP contribution in [0.1, 0.15) is 44.2 Å². The highest BCUT2D eigenvalue weighted by Gasteiger charge is 2.12. The van der Waals surface area contributed by atoms with Gasteiger partial charge in [-0.3, -0.25) is 10.1 Å². The highest BCUT2D eigenvalue weighted by Crippen LogP contribution is 2.25. The van der Waals surface area contributed by atoms with Crippen LogP contribution in [0.2, 0.25) is 0 Å². The van der Waals surface area contributed by atoms with Gasteiger partial charge in [0.15, 0.2) is 6.61 Å². The molecule has 1 aromatic carbocycles. The lowest BCUT2D eigenvalue weighted by Gasteiger charge is -2.13. The molecule has 1 amide bonds. The van der Waals surface area contributed by atoms with E-state index in [0.29, 0.717) is 17.0 Å². The topological polar surface area (TPSA) is 64.1 Å². The number of anilines is 1. The van der Waals surface area contributed by atoms with Crippen molar-refractivity contribution in [2.24, 2.45) is 5.92 Å². The zero-order valence-electron chi connectivity index (χ0n) is 14.0. The van der Waals surface area contributed by atoms with Crippen LogP contribution in [0.3, 0.4) is 0 Å². The van der Waals surface area contributed by atoms with Crippen LogP contribution in [0.4, 0.5) is 5.13 Å². The molecule has 0 fully saturated rings. The third kappa shape index (κ3) is 5.32. The van der Waals surface area contributed by atoms with Crippen LogP contribution in [0, 0.1) is 5.92 Å². The Morgan fingerprint density at radius 3 is 2.65 bits per heavy atom. The van der Waals surface area contributed by atoms with Crippen LogP contribution >= 0.6 is 11.3 Å². The molecule has 124 valence electrons. The molecule has 2 rings (SSSR count). The lowest BCUT2D eigenvalue weighted by Crippen LogP contribution is -2.20. The number of nitrogens with one attached hydrogen (secondary N) is 1. The number of hydrogen-bond acceptors (Lipinski definition) is 5. The number of para-hydroxylation sites is 1. The van der Waals surface area contributed by atoms with Crippen LogP contribution in [0.25, 0.3) is 0 Å². The van der Waals surface area contributed by atoms with Gasteiger partial charge in [-0.25, -0.2) is 0 Å². The summed E-state index contributed by atoms with van der Waals surface area (Å²) in [6.07, 6.45) is 0.867. The van der Waals surface area contributed by atoms with Gasteiger partial charge in [0.25, 0.3) is 5.91 Å². The summed E-state index contributed by atoms with van der Waals surface area (Å²) in [4.78, 5) is 12.0. The van der Waals surface area contributed by atoms with Crippen molar-refractivity contribution in [2.45, 2.75) is 40.0 Å². The van der Waals surface area contributed by atoms with E-state index in [1.807, 2.05) is 24.3 Å². The van der Waals surface area contributed by atoms with Gasteiger partial charge in [-0.1, -0.05) is 57.2 Å². The second-order valence-corrected chi connectivity index (χ2v) is 7.19. The largest absolute Gasteiger partial charge is 0.483 e. The first-order chi connectivity index (χ1) is 11.0. The molecular weight excluding hydrogens is 310 g/mol. The molecule has 0 saturated heterocycles. The Bertz CT molecular complexity index is 653. The van der Waals surface area contributed by atoms with Gasteiger partial charge in [0.2, 0.25) is 5.13 Å². The summed E-state index contributed by atoms with van der Waals surface area (Å²) in [5.41, 5.74) is 1.09. The van der Waals surface area contributed by atoms with Crippen LogP contribution in [-0.2, 0) is 11.2 Å². The molecule has 1 heterocycles. The molecule has 0 atom stereocenters. The number of hydrogen-bond donors (Lipinski definition) is 1. The van der Waals surface area contributed by atoms with E-state index >= 15 is 0 Å². The second kappa shape index (κ2) is 8.06. The van der Waals surface area contributed by atoms with E-state index in [2.05, 4.69) is 43.2 Å². The maximum absolute atomic E-state index is 12.0. The maximum Gasteiger partial charge on any atom is 0.264 e. The van der Waals surface area contributed by atoms with Gasteiger partial charge in [-0.2, -0.15) is 0 Å². The van der Waals surface area contributed by atoms with Crippen molar-refractivity contribution in [3.05, 3.63) is 34.8 Å². The van der Waals surface area contributed by atoms with Gasteiger partial charge in [-0.05, 0) is 23.5 Å². The quantitative estimate of drug-likeness (QED) is 0.835. The van der Waals surface area contributed by atoms with Gasteiger partial charge in [0.05, 0.1) is 0 Å². The molecule has 0 spiro atoms. The molecule has 0 aliphatic heterocycles. The number of amides is 1. The average Bonchev–Trinajstić information content (AvgIpc) is 2.91. The zero-order valence-corrected chi connectivity index (χ0v) is 14.8. The monoisotopic (exact) mass is 333 g/mol. The Balaban J connectivity index is 1.89.